The van der Waals surface area contributed by atoms with Gasteiger partial charge in [0.2, 0.25) is 5.91 Å². The number of nitrogens with two attached hydrogens (primary N) is 1. The summed E-state index contributed by atoms with van der Waals surface area (Å²) in [5.41, 5.74) is 7.57. The quantitative estimate of drug-likeness (QED) is 0.695. The maximum absolute atomic E-state index is 12.1. The van der Waals surface area contributed by atoms with E-state index in [1.807, 2.05) is 6.07 Å². The molecule has 0 spiro atoms. The molecule has 0 aliphatic carbocycles. The number of nitrogens with one attached hydrogen (secondary N) is 1. The van der Waals surface area contributed by atoms with Gasteiger partial charge in [0.15, 0.2) is 10.8 Å². The lowest BCUT2D eigenvalue weighted by Gasteiger charge is -2.08. The summed E-state index contributed by atoms with van der Waals surface area (Å²) in [5, 5.41) is 12.3. The highest BCUT2D eigenvalue weighted by Gasteiger charge is 2.22. The van der Waals surface area contributed by atoms with Crippen LogP contribution in [0.3, 0.4) is 0 Å². The number of thiazole rings is 1. The first kappa shape index (κ1) is 16.5. The molecule has 0 aliphatic heterocycles. The number of carbonyl (C=O) groups is 2. The number of hydrogen-bond acceptors (Lipinski definition) is 7. The largest absolute Gasteiger partial charge is 0.464 e. The fourth-order valence-electron chi connectivity index (χ4n) is 2.39. The lowest BCUT2D eigenvalue weighted by atomic mass is 10.2. The van der Waals surface area contributed by atoms with Gasteiger partial charge in [0.25, 0.3) is 0 Å². The molecule has 8 nitrogen and oxygen atoms in total. The van der Waals surface area contributed by atoms with Crippen molar-refractivity contribution in [2.45, 2.75) is 6.92 Å². The average Bonchev–Trinajstić information content (AvgIpc) is 3.12. The molecule has 1 amide bonds. The molecule has 3 aromatic rings. The molecular weight excluding hydrogens is 342 g/mol. The number of aromatic nitrogens is 2. The van der Waals surface area contributed by atoms with Gasteiger partial charge >= 0.3 is 5.97 Å². The summed E-state index contributed by atoms with van der Waals surface area (Å²) in [6.07, 6.45) is 1.48. The van der Waals surface area contributed by atoms with E-state index in [4.69, 9.17) is 10.5 Å². The molecule has 3 rings (SSSR count). The Balaban J connectivity index is 2.14. The molecule has 2 aromatic heterocycles. The number of ether oxygens (including phenoxy) is 1. The minimum Gasteiger partial charge on any atom is -0.464 e. The van der Waals surface area contributed by atoms with Gasteiger partial charge in [-0.2, -0.15) is 5.26 Å². The van der Waals surface area contributed by atoms with Crippen LogP contribution in [0.2, 0.25) is 0 Å². The summed E-state index contributed by atoms with van der Waals surface area (Å²) in [6.45, 7) is 1.41. The van der Waals surface area contributed by atoms with Crippen LogP contribution in [0.4, 0.5) is 10.8 Å². The van der Waals surface area contributed by atoms with Crippen LogP contribution in [0.15, 0.2) is 24.4 Å². The second-order valence-corrected chi connectivity index (χ2v) is 6.16. The van der Waals surface area contributed by atoms with E-state index in [9.17, 15) is 14.9 Å². The van der Waals surface area contributed by atoms with Crippen molar-refractivity contribution >= 4 is 44.2 Å². The SMILES string of the molecule is COC(=O)c1c(N)c(C#N)cn1-c1ccc2nc(NC(C)=O)sc2c1. The van der Waals surface area contributed by atoms with E-state index in [-0.39, 0.29) is 22.9 Å². The van der Waals surface area contributed by atoms with Crippen molar-refractivity contribution in [3.63, 3.8) is 0 Å². The van der Waals surface area contributed by atoms with E-state index in [0.29, 0.717) is 16.3 Å². The summed E-state index contributed by atoms with van der Waals surface area (Å²) >= 11 is 1.30. The minimum absolute atomic E-state index is 0.0673. The Morgan fingerprint density at radius 3 is 2.84 bits per heavy atom. The zero-order valence-corrected chi connectivity index (χ0v) is 14.2. The molecule has 0 fully saturated rings. The Bertz CT molecular complexity index is 1040. The predicted octanol–water partition coefficient (Wildman–Crippen LogP) is 2.29. The molecule has 0 saturated heterocycles. The fraction of sp³-hybridized carbons (Fsp3) is 0.125. The molecule has 1 aromatic carbocycles. The van der Waals surface area contributed by atoms with Crippen molar-refractivity contribution in [3.8, 4) is 11.8 Å². The van der Waals surface area contributed by atoms with E-state index in [1.54, 1.807) is 18.2 Å². The maximum Gasteiger partial charge on any atom is 0.357 e. The third kappa shape index (κ3) is 2.90. The van der Waals surface area contributed by atoms with Crippen LogP contribution in [0.5, 0.6) is 0 Å². The Hall–Kier alpha value is -3.38. The summed E-state index contributed by atoms with van der Waals surface area (Å²) in [7, 11) is 1.25. The van der Waals surface area contributed by atoms with Crippen molar-refractivity contribution in [2.24, 2.45) is 0 Å². The predicted molar refractivity (Wildman–Crippen MR) is 93.7 cm³/mol. The lowest BCUT2D eigenvalue weighted by Crippen LogP contribution is -2.11. The summed E-state index contributed by atoms with van der Waals surface area (Å²) in [6, 6.07) is 7.26. The fourth-order valence-corrected chi connectivity index (χ4v) is 3.33. The smallest absolute Gasteiger partial charge is 0.357 e. The van der Waals surface area contributed by atoms with E-state index in [0.717, 1.165) is 4.70 Å². The van der Waals surface area contributed by atoms with Gasteiger partial charge in [-0.25, -0.2) is 9.78 Å². The van der Waals surface area contributed by atoms with E-state index in [1.165, 1.54) is 36.1 Å². The number of rotatable bonds is 3. The molecule has 0 atom stereocenters. The van der Waals surface area contributed by atoms with Gasteiger partial charge in [0.1, 0.15) is 6.07 Å². The van der Waals surface area contributed by atoms with Gasteiger partial charge < -0.3 is 20.4 Å². The van der Waals surface area contributed by atoms with Crippen LogP contribution in [0, 0.1) is 11.3 Å². The van der Waals surface area contributed by atoms with Gasteiger partial charge in [0.05, 0.1) is 28.6 Å². The van der Waals surface area contributed by atoms with Crippen molar-refractivity contribution in [3.05, 3.63) is 35.7 Å². The molecule has 0 aliphatic rings. The van der Waals surface area contributed by atoms with Crippen LogP contribution >= 0.6 is 11.3 Å². The van der Waals surface area contributed by atoms with E-state index >= 15 is 0 Å². The van der Waals surface area contributed by atoms with Crippen LogP contribution in [-0.4, -0.2) is 28.5 Å². The van der Waals surface area contributed by atoms with Crippen LogP contribution in [-0.2, 0) is 9.53 Å². The molecule has 3 N–H and O–H groups in total. The average molecular weight is 355 g/mol. The topological polar surface area (TPSA) is 123 Å². The first-order chi connectivity index (χ1) is 11.9. The number of anilines is 2. The first-order valence-electron chi connectivity index (χ1n) is 7.12. The monoisotopic (exact) mass is 355 g/mol. The first-order valence-corrected chi connectivity index (χ1v) is 7.94. The lowest BCUT2D eigenvalue weighted by molar-refractivity contribution is -0.114. The van der Waals surface area contributed by atoms with Gasteiger partial charge in [-0.1, -0.05) is 11.3 Å². The van der Waals surface area contributed by atoms with Gasteiger partial charge in [-0.15, -0.1) is 0 Å². The van der Waals surface area contributed by atoms with Gasteiger partial charge in [-0.05, 0) is 18.2 Å². The molecule has 0 unspecified atom stereocenters. The molecule has 25 heavy (non-hydrogen) atoms. The number of methoxy groups -OCH3 is 1. The maximum atomic E-state index is 12.1. The Kier molecular flexibility index (Phi) is 4.12. The second kappa shape index (κ2) is 6.26. The van der Waals surface area contributed by atoms with Crippen LogP contribution in [0.1, 0.15) is 23.0 Å². The molecular formula is C16H13N5O3S. The highest BCUT2D eigenvalue weighted by atomic mass is 32.1. The van der Waals surface area contributed by atoms with Crippen molar-refractivity contribution in [1.29, 1.82) is 5.26 Å². The Labute approximate surface area is 146 Å². The van der Waals surface area contributed by atoms with Crippen molar-refractivity contribution in [1.82, 2.24) is 9.55 Å². The number of hydrogen-bond donors (Lipinski definition) is 2. The molecule has 0 saturated carbocycles. The van der Waals surface area contributed by atoms with Crippen molar-refractivity contribution < 1.29 is 14.3 Å². The Morgan fingerprint density at radius 2 is 2.20 bits per heavy atom. The van der Waals surface area contributed by atoms with Gasteiger partial charge in [-0.3, -0.25) is 4.79 Å². The summed E-state index contributed by atoms with van der Waals surface area (Å²) < 4.78 is 7.09. The zero-order chi connectivity index (χ0) is 18.1. The standard InChI is InChI=1S/C16H13N5O3S/c1-8(22)19-16-20-11-4-3-10(5-12(11)25-16)21-7-9(6-17)13(18)14(21)15(23)24-2/h3-5,7H,18H2,1-2H3,(H,19,20,22). The third-order valence-electron chi connectivity index (χ3n) is 3.48. The highest BCUT2D eigenvalue weighted by Crippen LogP contribution is 2.30. The highest BCUT2D eigenvalue weighted by molar-refractivity contribution is 7.22. The number of fused-ring (bicyclic) bond motifs is 1. The molecule has 0 radical (unpaired) electrons. The number of nitrogens with zero attached hydrogens (tertiary/aromatic N) is 3. The summed E-state index contributed by atoms with van der Waals surface area (Å²) in [5.74, 6) is -0.841. The molecule has 9 heteroatoms. The number of esters is 1. The summed E-state index contributed by atoms with van der Waals surface area (Å²) in [4.78, 5) is 27.5. The molecule has 126 valence electrons. The number of benzene rings is 1. The molecule has 2 heterocycles. The number of carbonyl (C=O) groups excluding carboxylic acids is 2. The van der Waals surface area contributed by atoms with Crippen LogP contribution in [0.25, 0.3) is 15.9 Å². The van der Waals surface area contributed by atoms with Crippen LogP contribution < -0.4 is 11.1 Å². The van der Waals surface area contributed by atoms with Gasteiger partial charge in [0, 0.05) is 18.8 Å². The number of amides is 1. The second-order valence-electron chi connectivity index (χ2n) is 5.13. The third-order valence-corrected chi connectivity index (χ3v) is 4.41. The molecule has 0 bridgehead atoms. The number of nitriles is 1. The minimum atomic E-state index is -0.637. The Morgan fingerprint density at radius 1 is 1.44 bits per heavy atom. The van der Waals surface area contributed by atoms with Crippen molar-refractivity contribution in [2.75, 3.05) is 18.2 Å². The number of nitrogen functional groups attached to an aromatic ring is 1. The zero-order valence-electron chi connectivity index (χ0n) is 13.4. The van der Waals surface area contributed by atoms with E-state index in [2.05, 4.69) is 10.3 Å². The van der Waals surface area contributed by atoms with E-state index < -0.39 is 5.97 Å². The normalized spacial score (nSPS) is 10.4.